The average Bonchev–Trinajstić information content (AvgIpc) is 3.46. The van der Waals surface area contributed by atoms with Crippen LogP contribution in [0.3, 0.4) is 0 Å². The van der Waals surface area contributed by atoms with Gasteiger partial charge in [0.05, 0.1) is 29.7 Å². The molecule has 44 heavy (non-hydrogen) atoms. The molecular formula is C27H33F3N6O7S. The second-order valence-corrected chi connectivity index (χ2v) is 11.6. The number of carboxylic acid groups (broad SMARTS) is 1. The van der Waals surface area contributed by atoms with Crippen molar-refractivity contribution in [2.24, 2.45) is 21.1 Å². The summed E-state index contributed by atoms with van der Waals surface area (Å²) in [6.45, 7) is 1.57. The van der Waals surface area contributed by atoms with E-state index >= 15 is 0 Å². The third kappa shape index (κ3) is 8.76. The number of nitrogens with one attached hydrogen (secondary N) is 1. The van der Waals surface area contributed by atoms with Crippen molar-refractivity contribution in [3.8, 4) is 17.2 Å². The van der Waals surface area contributed by atoms with Gasteiger partial charge in [-0.2, -0.15) is 21.6 Å². The number of aromatic nitrogens is 4. The van der Waals surface area contributed by atoms with Crippen LogP contribution in [0.25, 0.3) is 11.0 Å². The van der Waals surface area contributed by atoms with Crippen LogP contribution in [0.15, 0.2) is 58.7 Å². The van der Waals surface area contributed by atoms with Crippen molar-refractivity contribution in [1.29, 1.82) is 0 Å². The number of aryl methyl sites for hydroxylation is 3. The van der Waals surface area contributed by atoms with Crippen LogP contribution < -0.4 is 19.9 Å². The summed E-state index contributed by atoms with van der Waals surface area (Å²) in [4.78, 5) is 27.5. The zero-order chi connectivity index (χ0) is 32.8. The molecule has 17 heteroatoms. The van der Waals surface area contributed by atoms with Crippen LogP contribution in [0.4, 0.5) is 18.9 Å². The van der Waals surface area contributed by atoms with E-state index in [0.717, 1.165) is 19.4 Å². The van der Waals surface area contributed by atoms with Gasteiger partial charge in [0.1, 0.15) is 11.5 Å². The van der Waals surface area contributed by atoms with Gasteiger partial charge in [-0.25, -0.2) is 14.6 Å². The number of carbonyl (C=O) groups is 1. The molecule has 2 aromatic carbocycles. The van der Waals surface area contributed by atoms with Crippen molar-refractivity contribution < 1.29 is 41.0 Å². The van der Waals surface area contributed by atoms with Gasteiger partial charge in [-0.05, 0) is 51.7 Å². The zero-order valence-electron chi connectivity index (χ0n) is 24.6. The summed E-state index contributed by atoms with van der Waals surface area (Å²) in [6.07, 6.45) is -0.332. The molecule has 0 aliphatic heterocycles. The summed E-state index contributed by atoms with van der Waals surface area (Å²) in [7, 11) is 5.03. The molecule has 2 N–H and O–H groups in total. The summed E-state index contributed by atoms with van der Waals surface area (Å²) >= 11 is 0. The number of hydrogen-bond donors (Lipinski definition) is 2. The highest BCUT2D eigenvalue weighted by Gasteiger charge is 2.38. The molecule has 0 saturated heterocycles. The molecule has 4 aromatic rings. The largest absolute Gasteiger partial charge is 0.493 e. The van der Waals surface area contributed by atoms with Gasteiger partial charge in [0.2, 0.25) is 0 Å². The Bertz CT molecular complexity index is 1780. The number of sulfonamides is 1. The molecule has 2 aromatic heterocycles. The zero-order valence-corrected chi connectivity index (χ0v) is 25.4. The Labute approximate surface area is 251 Å². The molecule has 0 aliphatic rings. The van der Waals surface area contributed by atoms with E-state index in [1.54, 1.807) is 56.0 Å². The number of imidazole rings is 2. The molecule has 0 spiro atoms. The predicted molar refractivity (Wildman–Crippen MR) is 156 cm³/mol. The number of benzene rings is 2. The van der Waals surface area contributed by atoms with Gasteiger partial charge in [-0.1, -0.05) is 6.07 Å². The van der Waals surface area contributed by atoms with Crippen molar-refractivity contribution in [1.82, 2.24) is 23.6 Å². The molecule has 13 nitrogen and oxygen atoms in total. The van der Waals surface area contributed by atoms with Gasteiger partial charge in [-0.3, -0.25) is 13.9 Å². The van der Waals surface area contributed by atoms with E-state index in [4.69, 9.17) is 19.4 Å². The molecule has 240 valence electrons. The molecule has 2 heterocycles. The monoisotopic (exact) mass is 642 g/mol. The maximum atomic E-state index is 13.0. The van der Waals surface area contributed by atoms with Gasteiger partial charge in [-0.15, -0.1) is 0 Å². The van der Waals surface area contributed by atoms with Crippen molar-refractivity contribution in [2.45, 2.75) is 24.0 Å². The summed E-state index contributed by atoms with van der Waals surface area (Å²) in [5.41, 5.74) is 1.08. The molecule has 0 atom stereocenters. The lowest BCUT2D eigenvalue weighted by atomic mass is 10.2. The highest BCUT2D eigenvalue weighted by molar-refractivity contribution is 7.92. The Morgan fingerprint density at radius 3 is 2.23 bits per heavy atom. The maximum absolute atomic E-state index is 13.0. The third-order valence-electron chi connectivity index (χ3n) is 6.12. The van der Waals surface area contributed by atoms with Gasteiger partial charge in [0.15, 0.2) is 10.8 Å². The second kappa shape index (κ2) is 13.9. The standard InChI is InChI=1S/C25H32N6O5S.C2HF3O2/c1-28(2)11-6-7-12-35-18-9-8-10-19(13-18)36-23-15-22-21(30(4)25(32)31(22)5)14-20(23)27-37(33,34)24-16-29(3)17-26-24;3-2(4,5)1(6)7/h8-10,13-17,27H,6-7,11-12H2,1-5H3;(H,6,7). The average molecular weight is 643 g/mol. The molecule has 0 fully saturated rings. The smallest absolute Gasteiger partial charge is 0.490 e. The van der Waals surface area contributed by atoms with Crippen molar-refractivity contribution in [3.05, 3.63) is 59.4 Å². The predicted octanol–water partition coefficient (Wildman–Crippen LogP) is 3.56. The summed E-state index contributed by atoms with van der Waals surface area (Å²) in [5.74, 6) is -1.42. The lowest BCUT2D eigenvalue weighted by Crippen LogP contribution is -2.21. The number of alkyl halides is 3. The fourth-order valence-corrected chi connectivity index (χ4v) is 4.93. The lowest BCUT2D eigenvalue weighted by molar-refractivity contribution is -0.192. The fraction of sp³-hybridized carbons (Fsp3) is 0.370. The van der Waals surface area contributed by atoms with Gasteiger partial charge < -0.3 is 24.0 Å². The topological polar surface area (TPSA) is 150 Å². The number of carboxylic acids is 1. The fourth-order valence-electron chi connectivity index (χ4n) is 3.89. The molecular weight excluding hydrogens is 609 g/mol. The summed E-state index contributed by atoms with van der Waals surface area (Å²) in [6, 6.07) is 10.4. The van der Waals surface area contributed by atoms with Gasteiger partial charge in [0, 0.05) is 39.5 Å². The Morgan fingerprint density at radius 2 is 1.66 bits per heavy atom. The van der Waals surface area contributed by atoms with Gasteiger partial charge >= 0.3 is 17.8 Å². The second-order valence-electron chi connectivity index (χ2n) is 9.96. The highest BCUT2D eigenvalue weighted by atomic mass is 32.2. The molecule has 0 aliphatic carbocycles. The number of fused-ring (bicyclic) bond motifs is 1. The van der Waals surface area contributed by atoms with E-state index < -0.39 is 22.2 Å². The maximum Gasteiger partial charge on any atom is 0.490 e. The van der Waals surface area contributed by atoms with E-state index in [0.29, 0.717) is 29.1 Å². The van der Waals surface area contributed by atoms with Crippen molar-refractivity contribution in [2.75, 3.05) is 32.0 Å². The number of nitrogens with zero attached hydrogens (tertiary/aromatic N) is 5. The first-order chi connectivity index (χ1) is 20.5. The normalized spacial score (nSPS) is 11.8. The van der Waals surface area contributed by atoms with E-state index in [1.165, 1.54) is 21.7 Å². The number of halogens is 3. The third-order valence-corrected chi connectivity index (χ3v) is 7.37. The lowest BCUT2D eigenvalue weighted by Gasteiger charge is -2.15. The minimum absolute atomic E-state index is 0.132. The number of unbranched alkanes of at least 4 members (excludes halogenated alkanes) is 1. The first kappa shape index (κ1) is 34.0. The first-order valence-electron chi connectivity index (χ1n) is 13.1. The summed E-state index contributed by atoms with van der Waals surface area (Å²) in [5, 5.41) is 6.99. The highest BCUT2D eigenvalue weighted by Crippen LogP contribution is 2.36. The molecule has 0 unspecified atom stereocenters. The molecule has 0 radical (unpaired) electrons. The number of aliphatic carboxylic acids is 1. The van der Waals surface area contributed by atoms with Crippen LogP contribution in [-0.2, 0) is 36.0 Å². The van der Waals surface area contributed by atoms with Crippen molar-refractivity contribution >= 4 is 32.7 Å². The first-order valence-corrected chi connectivity index (χ1v) is 14.5. The van der Waals surface area contributed by atoms with Crippen LogP contribution in [0.5, 0.6) is 17.2 Å². The number of ether oxygens (including phenoxy) is 2. The number of rotatable bonds is 11. The van der Waals surface area contributed by atoms with E-state index in [2.05, 4.69) is 14.6 Å². The van der Waals surface area contributed by atoms with E-state index in [1.807, 2.05) is 20.2 Å². The van der Waals surface area contributed by atoms with Crippen LogP contribution in [-0.4, -0.2) is 76.5 Å². The molecule has 4 rings (SSSR count). The Morgan fingerprint density at radius 1 is 1.05 bits per heavy atom. The van der Waals surface area contributed by atoms with Crippen molar-refractivity contribution in [3.63, 3.8) is 0 Å². The van der Waals surface area contributed by atoms with Crippen LogP contribution in [0.2, 0.25) is 0 Å². The van der Waals surface area contributed by atoms with E-state index in [9.17, 15) is 26.4 Å². The Kier molecular flexibility index (Phi) is 10.7. The quantitative estimate of drug-likeness (QED) is 0.234. The minimum Gasteiger partial charge on any atom is -0.493 e. The van der Waals surface area contributed by atoms with Crippen LogP contribution in [0, 0.1) is 0 Å². The van der Waals surface area contributed by atoms with Gasteiger partial charge in [0.25, 0.3) is 10.0 Å². The Balaban J connectivity index is 0.000000676. The molecule has 0 amide bonds. The summed E-state index contributed by atoms with van der Waals surface area (Å²) < 4.78 is 76.9. The SMILES string of the molecule is CN(C)CCCCOc1cccc(Oc2cc3c(cc2NS(=O)(=O)c2cn(C)cn2)n(C)c(=O)n3C)c1.O=C(O)C(F)(F)F. The number of hydrogen-bond acceptors (Lipinski definition) is 8. The van der Waals surface area contributed by atoms with E-state index in [-0.39, 0.29) is 22.2 Å². The Hall–Kier alpha value is -4.51. The number of anilines is 1. The minimum atomic E-state index is -5.08. The van der Waals surface area contributed by atoms with Crippen LogP contribution >= 0.6 is 0 Å². The molecule has 0 bridgehead atoms. The molecule has 0 saturated carbocycles. The van der Waals surface area contributed by atoms with Crippen LogP contribution in [0.1, 0.15) is 12.8 Å².